The first-order valence-corrected chi connectivity index (χ1v) is 8.01. The number of phenolic OH excluding ortho intramolecular Hbond substituents is 1. The Labute approximate surface area is 153 Å². The minimum atomic E-state index is -4.83. The largest absolute Gasteiger partial charge is 0.573 e. The molecule has 1 aromatic heterocycles. The number of benzene rings is 1. The number of phenols is 1. The van der Waals surface area contributed by atoms with Crippen LogP contribution in [0.5, 0.6) is 11.5 Å². The number of alkyl carbamates (subject to hydrolysis) is 1. The smallest absolute Gasteiger partial charge is 0.507 e. The van der Waals surface area contributed by atoms with Crippen LogP contribution in [0.4, 0.5) is 18.0 Å². The molecule has 2 N–H and O–H groups in total. The number of nitrogens with zero attached hydrogens (tertiary/aromatic N) is 2. The number of halogens is 3. The molecule has 2 rings (SSSR count). The highest BCUT2D eigenvalue weighted by atomic mass is 19.4. The van der Waals surface area contributed by atoms with E-state index in [1.165, 1.54) is 16.9 Å². The fourth-order valence-corrected chi connectivity index (χ4v) is 2.16. The van der Waals surface area contributed by atoms with Gasteiger partial charge in [-0.25, -0.2) is 4.79 Å². The van der Waals surface area contributed by atoms with Gasteiger partial charge in [-0.2, -0.15) is 5.10 Å². The van der Waals surface area contributed by atoms with Gasteiger partial charge in [0.05, 0.1) is 12.7 Å². The van der Waals surface area contributed by atoms with E-state index in [1.54, 1.807) is 27.0 Å². The molecule has 10 heteroatoms. The Kier molecular flexibility index (Phi) is 5.87. The third-order valence-electron chi connectivity index (χ3n) is 3.16. The van der Waals surface area contributed by atoms with Crippen LogP contribution in [0.15, 0.2) is 30.6 Å². The monoisotopic (exact) mass is 387 g/mol. The molecule has 27 heavy (non-hydrogen) atoms. The fraction of sp³-hybridized carbons (Fsp3) is 0.412. The number of hydrogen-bond donors (Lipinski definition) is 2. The van der Waals surface area contributed by atoms with Crippen molar-refractivity contribution < 1.29 is 32.5 Å². The van der Waals surface area contributed by atoms with Crippen molar-refractivity contribution in [1.29, 1.82) is 0 Å². The first-order valence-electron chi connectivity index (χ1n) is 8.01. The van der Waals surface area contributed by atoms with Gasteiger partial charge in [-0.15, -0.1) is 13.2 Å². The normalized spacial score (nSPS) is 11.9. The molecule has 1 aromatic carbocycles. The zero-order valence-electron chi connectivity index (χ0n) is 15.0. The molecular weight excluding hydrogens is 367 g/mol. The van der Waals surface area contributed by atoms with Crippen LogP contribution >= 0.6 is 0 Å². The first kappa shape index (κ1) is 20.4. The molecule has 0 fully saturated rings. The molecule has 0 aliphatic rings. The van der Waals surface area contributed by atoms with E-state index in [9.17, 15) is 23.1 Å². The Morgan fingerprint density at radius 1 is 1.30 bits per heavy atom. The molecule has 2 aromatic rings. The zero-order valence-corrected chi connectivity index (χ0v) is 15.0. The van der Waals surface area contributed by atoms with Gasteiger partial charge in [-0.05, 0) is 32.9 Å². The van der Waals surface area contributed by atoms with E-state index >= 15 is 0 Å². The first-order chi connectivity index (χ1) is 12.4. The molecule has 7 nitrogen and oxygen atoms in total. The van der Waals surface area contributed by atoms with Crippen LogP contribution in [0.25, 0.3) is 11.1 Å². The highest BCUT2D eigenvalue weighted by Crippen LogP contribution is 2.34. The van der Waals surface area contributed by atoms with Crippen LogP contribution in [0.2, 0.25) is 0 Å². The third-order valence-corrected chi connectivity index (χ3v) is 3.16. The van der Waals surface area contributed by atoms with E-state index in [0.29, 0.717) is 17.7 Å². The lowest BCUT2D eigenvalue weighted by Crippen LogP contribution is -2.34. The standard InChI is InChI=1S/C17H20F3N3O4/c1-16(2,3)27-15(25)21-6-7-23-10-11(9-22-23)13-5-4-12(8-14(13)24)26-17(18,19)20/h4-5,8-10,24H,6-7H2,1-3H3,(H,21,25). The Balaban J connectivity index is 1.96. The second-order valence-electron chi connectivity index (χ2n) is 6.65. The third kappa shape index (κ3) is 6.72. The van der Waals surface area contributed by atoms with Gasteiger partial charge < -0.3 is 19.9 Å². The van der Waals surface area contributed by atoms with Crippen LogP contribution in [0.1, 0.15) is 20.8 Å². The molecule has 0 spiro atoms. The van der Waals surface area contributed by atoms with E-state index in [0.717, 1.165) is 12.1 Å². The fourth-order valence-electron chi connectivity index (χ4n) is 2.16. The van der Waals surface area contributed by atoms with Gasteiger partial charge in [0.2, 0.25) is 0 Å². The van der Waals surface area contributed by atoms with Gasteiger partial charge in [0.1, 0.15) is 17.1 Å². The van der Waals surface area contributed by atoms with E-state index in [1.807, 2.05) is 0 Å². The average molecular weight is 387 g/mol. The summed E-state index contributed by atoms with van der Waals surface area (Å²) >= 11 is 0. The van der Waals surface area contributed by atoms with Gasteiger partial charge in [0.15, 0.2) is 0 Å². The Bertz CT molecular complexity index is 797. The number of carbonyl (C=O) groups is 1. The van der Waals surface area contributed by atoms with Crippen molar-refractivity contribution in [3.63, 3.8) is 0 Å². The summed E-state index contributed by atoms with van der Waals surface area (Å²) in [5.41, 5.74) is 0.210. The van der Waals surface area contributed by atoms with E-state index in [-0.39, 0.29) is 12.3 Å². The molecule has 0 bridgehead atoms. The van der Waals surface area contributed by atoms with Crippen molar-refractivity contribution in [1.82, 2.24) is 15.1 Å². The quantitative estimate of drug-likeness (QED) is 0.818. The summed E-state index contributed by atoms with van der Waals surface area (Å²) in [6.45, 7) is 5.87. The maximum atomic E-state index is 12.2. The minimum absolute atomic E-state index is 0.264. The Morgan fingerprint density at radius 2 is 2.00 bits per heavy atom. The van der Waals surface area contributed by atoms with Gasteiger partial charge in [-0.3, -0.25) is 4.68 Å². The lowest BCUT2D eigenvalue weighted by molar-refractivity contribution is -0.274. The van der Waals surface area contributed by atoms with Crippen molar-refractivity contribution in [2.45, 2.75) is 39.3 Å². The van der Waals surface area contributed by atoms with Gasteiger partial charge >= 0.3 is 12.5 Å². The van der Waals surface area contributed by atoms with Gasteiger partial charge in [0.25, 0.3) is 0 Å². The predicted octanol–water partition coefficient (Wildman–Crippen LogP) is 3.68. The Morgan fingerprint density at radius 3 is 2.59 bits per heavy atom. The topological polar surface area (TPSA) is 85.6 Å². The number of aromatic hydroxyl groups is 1. The number of ether oxygens (including phenoxy) is 2. The van der Waals surface area contributed by atoms with Gasteiger partial charge in [-0.1, -0.05) is 0 Å². The molecule has 1 amide bonds. The SMILES string of the molecule is CC(C)(C)OC(=O)NCCn1cc(-c2ccc(OC(F)(F)F)cc2O)cn1. The molecule has 0 aliphatic heterocycles. The summed E-state index contributed by atoms with van der Waals surface area (Å²) in [7, 11) is 0. The maximum Gasteiger partial charge on any atom is 0.573 e. The lowest BCUT2D eigenvalue weighted by Gasteiger charge is -2.19. The highest BCUT2D eigenvalue weighted by Gasteiger charge is 2.31. The maximum absolute atomic E-state index is 12.2. The van der Waals surface area contributed by atoms with Crippen molar-refractivity contribution in [2.24, 2.45) is 0 Å². The van der Waals surface area contributed by atoms with E-state index in [4.69, 9.17) is 4.74 Å². The van der Waals surface area contributed by atoms with E-state index in [2.05, 4.69) is 15.2 Å². The van der Waals surface area contributed by atoms with Crippen molar-refractivity contribution >= 4 is 6.09 Å². The Hall–Kier alpha value is -2.91. The predicted molar refractivity (Wildman–Crippen MR) is 90.2 cm³/mol. The molecule has 0 atom stereocenters. The summed E-state index contributed by atoms with van der Waals surface area (Å²) in [5, 5.41) is 16.6. The van der Waals surface area contributed by atoms with Gasteiger partial charge in [0, 0.05) is 29.9 Å². The molecule has 0 radical (unpaired) electrons. The van der Waals surface area contributed by atoms with E-state index < -0.39 is 23.8 Å². The molecule has 0 aliphatic carbocycles. The van der Waals surface area contributed by atoms with Crippen LogP contribution in [-0.2, 0) is 11.3 Å². The highest BCUT2D eigenvalue weighted by molar-refractivity contribution is 5.70. The molecule has 0 unspecified atom stereocenters. The second-order valence-corrected chi connectivity index (χ2v) is 6.65. The molecule has 1 heterocycles. The second kappa shape index (κ2) is 7.77. The van der Waals surface area contributed by atoms with Crippen molar-refractivity contribution in [2.75, 3.05) is 6.54 Å². The summed E-state index contributed by atoms with van der Waals surface area (Å²) in [6.07, 6.45) is -2.34. The molecule has 0 saturated heterocycles. The number of aromatic nitrogens is 2. The van der Waals surface area contributed by atoms with Crippen LogP contribution in [0.3, 0.4) is 0 Å². The summed E-state index contributed by atoms with van der Waals surface area (Å²) in [6, 6.07) is 3.28. The number of nitrogens with one attached hydrogen (secondary N) is 1. The minimum Gasteiger partial charge on any atom is -0.507 e. The number of amides is 1. The zero-order chi connectivity index (χ0) is 20.2. The van der Waals surface area contributed by atoms with Crippen molar-refractivity contribution in [3.8, 4) is 22.6 Å². The molecule has 0 saturated carbocycles. The average Bonchev–Trinajstić information content (AvgIpc) is 2.92. The summed E-state index contributed by atoms with van der Waals surface area (Å²) < 4.78 is 47.0. The summed E-state index contributed by atoms with van der Waals surface area (Å²) in [4.78, 5) is 11.6. The van der Waals surface area contributed by atoms with Crippen molar-refractivity contribution in [3.05, 3.63) is 30.6 Å². The van der Waals surface area contributed by atoms with Crippen LogP contribution in [-0.4, -0.2) is 39.5 Å². The number of carbonyl (C=O) groups excluding carboxylic acids is 1. The number of rotatable bonds is 5. The number of hydrogen-bond acceptors (Lipinski definition) is 5. The molecule has 148 valence electrons. The van der Waals surface area contributed by atoms with Crippen LogP contribution in [0, 0.1) is 0 Å². The number of alkyl halides is 3. The molecular formula is C17H20F3N3O4. The lowest BCUT2D eigenvalue weighted by atomic mass is 10.1. The summed E-state index contributed by atoms with van der Waals surface area (Å²) in [5.74, 6) is -0.888. The van der Waals surface area contributed by atoms with Crippen LogP contribution < -0.4 is 10.1 Å².